The van der Waals surface area contributed by atoms with E-state index in [1.807, 2.05) is 12.3 Å². The topological polar surface area (TPSA) is 58.3 Å². The Morgan fingerprint density at radius 2 is 1.70 bits per heavy atom. The van der Waals surface area contributed by atoms with E-state index in [2.05, 4.69) is 52.7 Å². The minimum atomic E-state index is 0.129. The lowest BCUT2D eigenvalue weighted by atomic mass is 9.86. The molecule has 0 atom stereocenters. The van der Waals surface area contributed by atoms with Gasteiger partial charge in [0.1, 0.15) is 5.82 Å². The molecule has 2 heterocycles. The molecule has 0 spiro atoms. The lowest BCUT2D eigenvalue weighted by Crippen LogP contribution is -2.47. The van der Waals surface area contributed by atoms with Crippen LogP contribution in [0.2, 0.25) is 0 Å². The molecule has 122 valence electrons. The third-order valence-corrected chi connectivity index (χ3v) is 4.39. The van der Waals surface area contributed by atoms with Gasteiger partial charge in [-0.05, 0) is 23.1 Å². The van der Waals surface area contributed by atoms with E-state index in [0.717, 1.165) is 43.4 Å². The first-order valence-corrected chi connectivity index (χ1v) is 8.11. The molecule has 0 unspecified atom stereocenters. The molecule has 1 saturated heterocycles. The number of nitrogens with zero attached hydrogens (tertiary/aromatic N) is 4. The van der Waals surface area contributed by atoms with Gasteiger partial charge in [0.05, 0.1) is 17.6 Å². The number of piperazine rings is 1. The van der Waals surface area contributed by atoms with E-state index < -0.39 is 0 Å². The molecule has 0 saturated carbocycles. The van der Waals surface area contributed by atoms with Gasteiger partial charge in [-0.25, -0.2) is 4.98 Å². The van der Waals surface area contributed by atoms with Crippen LogP contribution in [0.1, 0.15) is 26.3 Å². The number of rotatable bonds is 2. The second kappa shape index (κ2) is 6.07. The molecule has 3 rings (SSSR count). The number of aromatic nitrogens is 2. The fourth-order valence-electron chi connectivity index (χ4n) is 2.92. The number of hydrogen-bond donors (Lipinski definition) is 1. The first-order chi connectivity index (χ1) is 10.9. The molecule has 23 heavy (non-hydrogen) atoms. The van der Waals surface area contributed by atoms with Crippen LogP contribution in [-0.2, 0) is 5.41 Å². The Kier molecular flexibility index (Phi) is 4.11. The van der Waals surface area contributed by atoms with Crippen molar-refractivity contribution in [2.24, 2.45) is 0 Å². The number of anilines is 3. The van der Waals surface area contributed by atoms with Crippen LogP contribution in [-0.4, -0.2) is 36.1 Å². The van der Waals surface area contributed by atoms with Crippen molar-refractivity contribution in [3.8, 4) is 0 Å². The summed E-state index contributed by atoms with van der Waals surface area (Å²) in [5, 5.41) is 0. The van der Waals surface area contributed by atoms with Crippen molar-refractivity contribution in [1.82, 2.24) is 9.97 Å². The molecule has 1 aliphatic heterocycles. The molecule has 1 aliphatic rings. The maximum atomic E-state index is 6.23. The molecule has 0 aliphatic carbocycles. The second-order valence-electron chi connectivity index (χ2n) is 7.06. The predicted molar refractivity (Wildman–Crippen MR) is 96.0 cm³/mol. The predicted octanol–water partition coefficient (Wildman–Crippen LogP) is 2.68. The normalized spacial score (nSPS) is 15.8. The van der Waals surface area contributed by atoms with Crippen molar-refractivity contribution in [1.29, 1.82) is 0 Å². The highest BCUT2D eigenvalue weighted by Gasteiger charge is 2.22. The molecule has 0 amide bonds. The quantitative estimate of drug-likeness (QED) is 0.864. The van der Waals surface area contributed by atoms with Crippen molar-refractivity contribution in [3.63, 3.8) is 0 Å². The zero-order chi connectivity index (χ0) is 16.4. The highest BCUT2D eigenvalue weighted by molar-refractivity contribution is 5.69. The summed E-state index contributed by atoms with van der Waals surface area (Å²) in [6.07, 6.45) is 5.27. The SMILES string of the molecule is CC(C)(C)c1ccc(N)c(N2CCN(c3cnccn3)CC2)c1. The minimum Gasteiger partial charge on any atom is -0.397 e. The Labute approximate surface area is 138 Å². The zero-order valence-corrected chi connectivity index (χ0v) is 14.2. The van der Waals surface area contributed by atoms with E-state index in [1.54, 1.807) is 12.4 Å². The van der Waals surface area contributed by atoms with Crippen molar-refractivity contribution in [2.75, 3.05) is 41.7 Å². The zero-order valence-electron chi connectivity index (χ0n) is 14.2. The fraction of sp³-hybridized carbons (Fsp3) is 0.444. The van der Waals surface area contributed by atoms with E-state index in [4.69, 9.17) is 5.73 Å². The molecule has 0 radical (unpaired) electrons. The standard InChI is InChI=1S/C18H25N5/c1-18(2,3)14-4-5-15(19)16(12-14)22-8-10-23(11-9-22)17-13-20-6-7-21-17/h4-7,12-13H,8-11,19H2,1-3H3. The van der Waals surface area contributed by atoms with Crippen LogP contribution in [0.4, 0.5) is 17.2 Å². The van der Waals surface area contributed by atoms with E-state index in [-0.39, 0.29) is 5.41 Å². The summed E-state index contributed by atoms with van der Waals surface area (Å²) in [7, 11) is 0. The van der Waals surface area contributed by atoms with E-state index in [9.17, 15) is 0 Å². The lowest BCUT2D eigenvalue weighted by molar-refractivity contribution is 0.589. The molecule has 0 bridgehead atoms. The van der Waals surface area contributed by atoms with Crippen molar-refractivity contribution in [3.05, 3.63) is 42.4 Å². The molecule has 2 aromatic rings. The Balaban J connectivity index is 1.75. The average Bonchev–Trinajstić information content (AvgIpc) is 2.55. The first-order valence-electron chi connectivity index (χ1n) is 8.11. The van der Waals surface area contributed by atoms with Gasteiger partial charge in [-0.15, -0.1) is 0 Å². The van der Waals surface area contributed by atoms with Gasteiger partial charge in [-0.1, -0.05) is 26.8 Å². The summed E-state index contributed by atoms with van der Waals surface area (Å²) in [6.45, 7) is 10.4. The number of nitrogens with two attached hydrogens (primary N) is 1. The maximum Gasteiger partial charge on any atom is 0.147 e. The Bertz CT molecular complexity index is 655. The summed E-state index contributed by atoms with van der Waals surface area (Å²) >= 11 is 0. The van der Waals surface area contributed by atoms with Gasteiger partial charge in [0.2, 0.25) is 0 Å². The van der Waals surface area contributed by atoms with E-state index in [0.29, 0.717) is 0 Å². The van der Waals surface area contributed by atoms with Crippen LogP contribution in [0.3, 0.4) is 0 Å². The summed E-state index contributed by atoms with van der Waals surface area (Å²) in [6, 6.07) is 6.41. The van der Waals surface area contributed by atoms with Gasteiger partial charge in [0, 0.05) is 38.6 Å². The van der Waals surface area contributed by atoms with Gasteiger partial charge in [0.15, 0.2) is 0 Å². The minimum absolute atomic E-state index is 0.129. The number of nitrogen functional groups attached to an aromatic ring is 1. The molecule has 5 heteroatoms. The van der Waals surface area contributed by atoms with Gasteiger partial charge < -0.3 is 15.5 Å². The molecular weight excluding hydrogens is 286 g/mol. The highest BCUT2D eigenvalue weighted by Crippen LogP contribution is 2.31. The van der Waals surface area contributed by atoms with Gasteiger partial charge >= 0.3 is 0 Å². The van der Waals surface area contributed by atoms with Crippen molar-refractivity contribution < 1.29 is 0 Å². The van der Waals surface area contributed by atoms with Gasteiger partial charge in [-0.2, -0.15) is 0 Å². The summed E-state index contributed by atoms with van der Waals surface area (Å²) < 4.78 is 0. The van der Waals surface area contributed by atoms with Crippen molar-refractivity contribution in [2.45, 2.75) is 26.2 Å². The van der Waals surface area contributed by atoms with E-state index in [1.165, 1.54) is 5.56 Å². The second-order valence-corrected chi connectivity index (χ2v) is 7.06. The van der Waals surface area contributed by atoms with Crippen LogP contribution in [0, 0.1) is 0 Å². The van der Waals surface area contributed by atoms with Crippen LogP contribution in [0.25, 0.3) is 0 Å². The van der Waals surface area contributed by atoms with Crippen LogP contribution >= 0.6 is 0 Å². The molecule has 1 aromatic carbocycles. The number of hydrogen-bond acceptors (Lipinski definition) is 5. The summed E-state index contributed by atoms with van der Waals surface area (Å²) in [5.41, 5.74) is 9.68. The molecular formula is C18H25N5. The summed E-state index contributed by atoms with van der Waals surface area (Å²) in [5.74, 6) is 0.948. The molecule has 1 fully saturated rings. The van der Waals surface area contributed by atoms with Gasteiger partial charge in [0.25, 0.3) is 0 Å². The third-order valence-electron chi connectivity index (χ3n) is 4.39. The Morgan fingerprint density at radius 1 is 1.00 bits per heavy atom. The van der Waals surface area contributed by atoms with Crippen LogP contribution in [0.5, 0.6) is 0 Å². The first kappa shape index (κ1) is 15.6. The Hall–Kier alpha value is -2.30. The maximum absolute atomic E-state index is 6.23. The molecule has 2 N–H and O–H groups in total. The molecule has 5 nitrogen and oxygen atoms in total. The van der Waals surface area contributed by atoms with Crippen molar-refractivity contribution >= 4 is 17.2 Å². The highest BCUT2D eigenvalue weighted by atomic mass is 15.3. The third kappa shape index (κ3) is 3.38. The average molecular weight is 311 g/mol. The summed E-state index contributed by atoms with van der Waals surface area (Å²) in [4.78, 5) is 13.2. The van der Waals surface area contributed by atoms with Gasteiger partial charge in [-0.3, -0.25) is 4.98 Å². The number of benzene rings is 1. The van der Waals surface area contributed by atoms with E-state index >= 15 is 0 Å². The van der Waals surface area contributed by atoms with Crippen LogP contribution < -0.4 is 15.5 Å². The monoisotopic (exact) mass is 311 g/mol. The lowest BCUT2D eigenvalue weighted by Gasteiger charge is -2.37. The molecule has 1 aromatic heterocycles. The fourth-order valence-corrected chi connectivity index (χ4v) is 2.92. The smallest absolute Gasteiger partial charge is 0.147 e. The largest absolute Gasteiger partial charge is 0.397 e. The van der Waals surface area contributed by atoms with Crippen LogP contribution in [0.15, 0.2) is 36.8 Å². The Morgan fingerprint density at radius 3 is 2.30 bits per heavy atom.